The van der Waals surface area contributed by atoms with E-state index in [0.29, 0.717) is 0 Å². The third kappa shape index (κ3) is 2.75. The van der Waals surface area contributed by atoms with Gasteiger partial charge in [0.15, 0.2) is 0 Å². The van der Waals surface area contributed by atoms with Gasteiger partial charge in [-0.15, -0.1) is 0 Å². The average molecular weight is 312 g/mol. The van der Waals surface area contributed by atoms with Crippen LogP contribution >= 0.6 is 15.9 Å². The number of carboxylic acids is 1. The second kappa shape index (κ2) is 5.41. The molecule has 1 unspecified atom stereocenters. The molecule has 0 amide bonds. The minimum absolute atomic E-state index is 0.142. The number of halogens is 1. The van der Waals surface area contributed by atoms with E-state index in [4.69, 9.17) is 0 Å². The summed E-state index contributed by atoms with van der Waals surface area (Å²) in [5, 5.41) is 9.20. The Kier molecular flexibility index (Phi) is 4.07. The van der Waals surface area contributed by atoms with Gasteiger partial charge < -0.3 is 5.11 Å². The first-order valence-corrected chi connectivity index (χ1v) is 7.04. The number of benzene rings is 1. The Morgan fingerprint density at radius 2 is 2.11 bits per heavy atom. The van der Waals surface area contributed by atoms with Gasteiger partial charge in [0.1, 0.15) is 0 Å². The van der Waals surface area contributed by atoms with Gasteiger partial charge in [-0.05, 0) is 50.6 Å². The minimum Gasteiger partial charge on any atom is -0.481 e. The van der Waals surface area contributed by atoms with Crippen LogP contribution in [-0.2, 0) is 10.3 Å². The SMILES string of the molecule is CC(CC(=O)O)(c1cccc(Br)c1)N1CCCC1. The van der Waals surface area contributed by atoms with Crippen molar-refractivity contribution in [1.29, 1.82) is 0 Å². The predicted octanol–water partition coefficient (Wildman–Crippen LogP) is 3.23. The smallest absolute Gasteiger partial charge is 0.305 e. The lowest BCUT2D eigenvalue weighted by molar-refractivity contribution is -0.140. The molecule has 1 saturated heterocycles. The molecule has 1 fully saturated rings. The fourth-order valence-electron chi connectivity index (χ4n) is 2.73. The molecule has 0 saturated carbocycles. The zero-order valence-electron chi connectivity index (χ0n) is 10.5. The van der Waals surface area contributed by atoms with E-state index < -0.39 is 11.5 Å². The van der Waals surface area contributed by atoms with E-state index in [1.807, 2.05) is 31.2 Å². The molecule has 1 atom stereocenters. The molecule has 0 aromatic heterocycles. The average Bonchev–Trinajstić information content (AvgIpc) is 2.81. The van der Waals surface area contributed by atoms with Crippen LogP contribution in [0.15, 0.2) is 28.7 Å². The topological polar surface area (TPSA) is 40.5 Å². The first-order chi connectivity index (χ1) is 8.52. The summed E-state index contributed by atoms with van der Waals surface area (Å²) in [6.45, 7) is 4.00. The summed E-state index contributed by atoms with van der Waals surface area (Å²) in [5.41, 5.74) is 0.660. The Bertz CT molecular complexity index is 443. The molecule has 1 aromatic carbocycles. The van der Waals surface area contributed by atoms with Gasteiger partial charge in [0.25, 0.3) is 0 Å². The third-order valence-electron chi connectivity index (χ3n) is 3.75. The number of aliphatic carboxylic acids is 1. The number of hydrogen-bond acceptors (Lipinski definition) is 2. The van der Waals surface area contributed by atoms with E-state index in [9.17, 15) is 9.90 Å². The zero-order valence-corrected chi connectivity index (χ0v) is 12.1. The summed E-state index contributed by atoms with van der Waals surface area (Å²) in [5.74, 6) is -0.746. The summed E-state index contributed by atoms with van der Waals surface area (Å²) >= 11 is 3.46. The fourth-order valence-corrected chi connectivity index (χ4v) is 3.12. The van der Waals surface area contributed by atoms with Crippen molar-refractivity contribution in [3.63, 3.8) is 0 Å². The quantitative estimate of drug-likeness (QED) is 0.928. The highest BCUT2D eigenvalue weighted by molar-refractivity contribution is 9.10. The van der Waals surface area contributed by atoms with Crippen LogP contribution in [0, 0.1) is 0 Å². The normalized spacial score (nSPS) is 19.7. The van der Waals surface area contributed by atoms with Crippen molar-refractivity contribution in [3.05, 3.63) is 34.3 Å². The van der Waals surface area contributed by atoms with Gasteiger partial charge in [-0.1, -0.05) is 28.1 Å². The molecule has 1 N–H and O–H groups in total. The standard InChI is InChI=1S/C14H18BrNO2/c1-14(10-13(17)18,16-7-2-3-8-16)11-5-4-6-12(15)9-11/h4-6,9H,2-3,7-8,10H2,1H3,(H,17,18). The van der Waals surface area contributed by atoms with Crippen molar-refractivity contribution < 1.29 is 9.90 Å². The summed E-state index contributed by atoms with van der Waals surface area (Å²) in [6.07, 6.45) is 2.45. The number of rotatable bonds is 4. The molecule has 18 heavy (non-hydrogen) atoms. The summed E-state index contributed by atoms with van der Waals surface area (Å²) in [6, 6.07) is 7.98. The lowest BCUT2D eigenvalue weighted by Gasteiger charge is -2.38. The monoisotopic (exact) mass is 311 g/mol. The van der Waals surface area contributed by atoms with Crippen LogP contribution in [0.25, 0.3) is 0 Å². The maximum atomic E-state index is 11.2. The van der Waals surface area contributed by atoms with Crippen LogP contribution in [0.5, 0.6) is 0 Å². The van der Waals surface area contributed by atoms with Crippen LogP contribution in [0.3, 0.4) is 0 Å². The molecule has 3 nitrogen and oxygen atoms in total. The van der Waals surface area contributed by atoms with Gasteiger partial charge in [-0.3, -0.25) is 9.69 Å². The first-order valence-electron chi connectivity index (χ1n) is 6.25. The Balaban J connectivity index is 2.37. The molecule has 1 heterocycles. The maximum Gasteiger partial charge on any atom is 0.305 e. The predicted molar refractivity (Wildman–Crippen MR) is 74.6 cm³/mol. The molecule has 0 aliphatic carbocycles. The molecule has 0 spiro atoms. The molecule has 1 aliphatic heterocycles. The van der Waals surface area contributed by atoms with Gasteiger partial charge in [0.05, 0.1) is 12.0 Å². The van der Waals surface area contributed by atoms with Crippen LogP contribution in [0.4, 0.5) is 0 Å². The molecular formula is C14H18BrNO2. The highest BCUT2D eigenvalue weighted by Gasteiger charge is 2.37. The van der Waals surface area contributed by atoms with Crippen molar-refractivity contribution >= 4 is 21.9 Å². The molecular weight excluding hydrogens is 294 g/mol. The van der Waals surface area contributed by atoms with Crippen LogP contribution in [0.1, 0.15) is 31.7 Å². The fraction of sp³-hybridized carbons (Fsp3) is 0.500. The number of nitrogens with zero attached hydrogens (tertiary/aromatic N) is 1. The van der Waals surface area contributed by atoms with Gasteiger partial charge >= 0.3 is 5.97 Å². The van der Waals surface area contributed by atoms with Crippen LogP contribution in [0.2, 0.25) is 0 Å². The van der Waals surface area contributed by atoms with E-state index in [2.05, 4.69) is 20.8 Å². The molecule has 0 bridgehead atoms. The molecule has 98 valence electrons. The second-order valence-electron chi connectivity index (χ2n) is 5.05. The molecule has 0 radical (unpaired) electrons. The maximum absolute atomic E-state index is 11.2. The minimum atomic E-state index is -0.746. The first kappa shape index (κ1) is 13.6. The molecule has 1 aliphatic rings. The van der Waals surface area contributed by atoms with E-state index >= 15 is 0 Å². The van der Waals surface area contributed by atoms with Crippen molar-refractivity contribution in [3.8, 4) is 0 Å². The highest BCUT2D eigenvalue weighted by atomic mass is 79.9. The van der Waals surface area contributed by atoms with Crippen LogP contribution < -0.4 is 0 Å². The lowest BCUT2D eigenvalue weighted by Crippen LogP contribution is -2.43. The Hall–Kier alpha value is -0.870. The van der Waals surface area contributed by atoms with Crippen molar-refractivity contribution in [2.75, 3.05) is 13.1 Å². The lowest BCUT2D eigenvalue weighted by atomic mass is 9.87. The van der Waals surface area contributed by atoms with E-state index in [1.165, 1.54) is 0 Å². The van der Waals surface area contributed by atoms with Gasteiger partial charge in [0, 0.05) is 4.47 Å². The largest absolute Gasteiger partial charge is 0.481 e. The van der Waals surface area contributed by atoms with E-state index in [1.54, 1.807) is 0 Å². The van der Waals surface area contributed by atoms with Gasteiger partial charge in [-0.2, -0.15) is 0 Å². The highest BCUT2D eigenvalue weighted by Crippen LogP contribution is 2.35. The number of carboxylic acid groups (broad SMARTS) is 1. The Labute approximate surface area is 116 Å². The molecule has 4 heteroatoms. The van der Waals surface area contributed by atoms with Crippen molar-refractivity contribution in [1.82, 2.24) is 4.90 Å². The number of carbonyl (C=O) groups is 1. The summed E-state index contributed by atoms with van der Waals surface area (Å²) in [4.78, 5) is 13.5. The van der Waals surface area contributed by atoms with Crippen molar-refractivity contribution in [2.24, 2.45) is 0 Å². The number of likely N-dealkylation sites (tertiary alicyclic amines) is 1. The molecule has 1 aromatic rings. The van der Waals surface area contributed by atoms with Crippen molar-refractivity contribution in [2.45, 2.75) is 31.7 Å². The second-order valence-corrected chi connectivity index (χ2v) is 5.96. The Morgan fingerprint density at radius 1 is 1.44 bits per heavy atom. The van der Waals surface area contributed by atoms with E-state index in [-0.39, 0.29) is 6.42 Å². The third-order valence-corrected chi connectivity index (χ3v) is 4.24. The van der Waals surface area contributed by atoms with Gasteiger partial charge in [-0.25, -0.2) is 0 Å². The number of hydrogen-bond donors (Lipinski definition) is 1. The zero-order chi connectivity index (χ0) is 13.2. The summed E-state index contributed by atoms with van der Waals surface area (Å²) in [7, 11) is 0. The van der Waals surface area contributed by atoms with Gasteiger partial charge in [0.2, 0.25) is 0 Å². The Morgan fingerprint density at radius 3 is 2.67 bits per heavy atom. The summed E-state index contributed by atoms with van der Waals surface area (Å²) < 4.78 is 0.996. The van der Waals surface area contributed by atoms with E-state index in [0.717, 1.165) is 36.0 Å². The van der Waals surface area contributed by atoms with Crippen LogP contribution in [-0.4, -0.2) is 29.1 Å². The molecule has 2 rings (SSSR count).